The van der Waals surface area contributed by atoms with E-state index in [9.17, 15) is 4.79 Å². The number of nitrogens with zero attached hydrogens (tertiary/aromatic N) is 1. The van der Waals surface area contributed by atoms with Gasteiger partial charge in [0.15, 0.2) is 0 Å². The maximum Gasteiger partial charge on any atom is 0.317 e. The number of rotatable bonds is 5. The number of urea groups is 1. The first-order valence-corrected chi connectivity index (χ1v) is 7.82. The lowest BCUT2D eigenvalue weighted by Crippen LogP contribution is -2.48. The molecule has 0 spiro atoms. The Balaban J connectivity index is 1.89. The van der Waals surface area contributed by atoms with Gasteiger partial charge in [-0.2, -0.15) is 0 Å². The average molecular weight is 290 g/mol. The molecule has 2 unspecified atom stereocenters. The van der Waals surface area contributed by atoms with E-state index >= 15 is 0 Å². The molecule has 1 aliphatic rings. The molecule has 0 bridgehead atoms. The van der Waals surface area contributed by atoms with Crippen LogP contribution < -0.4 is 5.32 Å². The Bertz CT molecular complexity index is 476. The van der Waals surface area contributed by atoms with Gasteiger partial charge < -0.3 is 15.3 Å². The fourth-order valence-corrected chi connectivity index (χ4v) is 2.96. The largest absolute Gasteiger partial charge is 0.396 e. The van der Waals surface area contributed by atoms with Crippen LogP contribution in [0.3, 0.4) is 0 Å². The van der Waals surface area contributed by atoms with Crippen molar-refractivity contribution in [1.82, 2.24) is 10.2 Å². The Kier molecular flexibility index (Phi) is 5.62. The maximum atomic E-state index is 12.3. The summed E-state index contributed by atoms with van der Waals surface area (Å²) in [7, 11) is 1.88. The first-order chi connectivity index (χ1) is 10.1. The molecule has 2 N–H and O–H groups in total. The predicted molar refractivity (Wildman–Crippen MR) is 84.3 cm³/mol. The average Bonchev–Trinajstić information content (AvgIpc) is 2.51. The van der Waals surface area contributed by atoms with Gasteiger partial charge in [0.25, 0.3) is 0 Å². The third-order valence-electron chi connectivity index (χ3n) is 4.35. The Labute approximate surface area is 127 Å². The van der Waals surface area contributed by atoms with Gasteiger partial charge in [0.1, 0.15) is 0 Å². The zero-order valence-electron chi connectivity index (χ0n) is 13.0. The Morgan fingerprint density at radius 1 is 1.43 bits per heavy atom. The van der Waals surface area contributed by atoms with Gasteiger partial charge in [-0.15, -0.1) is 0 Å². The highest BCUT2D eigenvalue weighted by atomic mass is 16.3. The number of carbonyl (C=O) groups is 1. The zero-order valence-corrected chi connectivity index (χ0v) is 13.0. The van der Waals surface area contributed by atoms with Gasteiger partial charge in [0.05, 0.1) is 0 Å². The van der Waals surface area contributed by atoms with Crippen LogP contribution in [0.4, 0.5) is 4.79 Å². The van der Waals surface area contributed by atoms with Crippen LogP contribution in [-0.4, -0.2) is 41.8 Å². The molecule has 21 heavy (non-hydrogen) atoms. The second-order valence-electron chi connectivity index (χ2n) is 5.99. The number of nitrogens with one attached hydrogen (secondary N) is 1. The van der Waals surface area contributed by atoms with Crippen molar-refractivity contribution >= 4 is 6.03 Å². The summed E-state index contributed by atoms with van der Waals surface area (Å²) in [5, 5.41) is 11.8. The third kappa shape index (κ3) is 4.21. The number of fused-ring (bicyclic) bond motifs is 1. The molecule has 2 rings (SSSR count). The minimum atomic E-state index is -0.00943. The van der Waals surface area contributed by atoms with Crippen molar-refractivity contribution in [2.45, 2.75) is 51.1 Å². The summed E-state index contributed by atoms with van der Waals surface area (Å²) in [5.41, 5.74) is 2.78. The van der Waals surface area contributed by atoms with Crippen LogP contribution in [0.25, 0.3) is 0 Å². The number of benzene rings is 1. The van der Waals surface area contributed by atoms with E-state index in [1.807, 2.05) is 18.9 Å². The maximum absolute atomic E-state index is 12.3. The van der Waals surface area contributed by atoms with Gasteiger partial charge in [-0.1, -0.05) is 24.3 Å². The topological polar surface area (TPSA) is 52.6 Å². The van der Waals surface area contributed by atoms with Crippen molar-refractivity contribution in [2.75, 3.05) is 13.7 Å². The number of aryl methyl sites for hydroxylation is 1. The number of aliphatic hydroxyl groups is 1. The van der Waals surface area contributed by atoms with Gasteiger partial charge >= 0.3 is 6.03 Å². The fourth-order valence-electron chi connectivity index (χ4n) is 2.96. The molecule has 0 aliphatic heterocycles. The van der Waals surface area contributed by atoms with Crippen molar-refractivity contribution < 1.29 is 9.90 Å². The second kappa shape index (κ2) is 7.46. The van der Waals surface area contributed by atoms with E-state index in [4.69, 9.17) is 5.11 Å². The van der Waals surface area contributed by atoms with E-state index in [1.165, 1.54) is 11.1 Å². The molecule has 4 heteroatoms. The number of amides is 2. The van der Waals surface area contributed by atoms with Gasteiger partial charge in [-0.25, -0.2) is 4.79 Å². The molecule has 2 amide bonds. The van der Waals surface area contributed by atoms with Crippen LogP contribution in [0.5, 0.6) is 0 Å². The summed E-state index contributed by atoms with van der Waals surface area (Å²) in [6, 6.07) is 8.86. The lowest BCUT2D eigenvalue weighted by Gasteiger charge is -2.33. The highest BCUT2D eigenvalue weighted by molar-refractivity contribution is 5.74. The van der Waals surface area contributed by atoms with Crippen molar-refractivity contribution in [3.8, 4) is 0 Å². The summed E-state index contributed by atoms with van der Waals surface area (Å²) in [6.07, 6.45) is 4.53. The molecule has 116 valence electrons. The zero-order chi connectivity index (χ0) is 15.2. The molecule has 0 aromatic heterocycles. The lowest BCUT2D eigenvalue weighted by atomic mass is 9.88. The molecular formula is C17H26N2O2. The molecule has 0 heterocycles. The van der Waals surface area contributed by atoms with Crippen LogP contribution in [0.2, 0.25) is 0 Å². The number of carbonyl (C=O) groups excluding carboxylic acids is 1. The van der Waals surface area contributed by atoms with E-state index in [0.29, 0.717) is 0 Å². The summed E-state index contributed by atoms with van der Waals surface area (Å²) < 4.78 is 0. The van der Waals surface area contributed by atoms with Crippen LogP contribution in [0.15, 0.2) is 24.3 Å². The lowest BCUT2D eigenvalue weighted by molar-refractivity contribution is 0.179. The molecule has 1 aromatic rings. The third-order valence-corrected chi connectivity index (χ3v) is 4.35. The van der Waals surface area contributed by atoms with E-state index in [2.05, 4.69) is 29.6 Å². The molecular weight excluding hydrogens is 264 g/mol. The van der Waals surface area contributed by atoms with Crippen molar-refractivity contribution in [1.29, 1.82) is 0 Å². The number of aliphatic hydroxyl groups excluding tert-OH is 1. The second-order valence-corrected chi connectivity index (χ2v) is 5.99. The SMILES string of the molecule is CC(CCCO)NC(=O)N(C)C1CCc2ccccc2C1. The van der Waals surface area contributed by atoms with Crippen molar-refractivity contribution in [2.24, 2.45) is 0 Å². The minimum Gasteiger partial charge on any atom is -0.396 e. The molecule has 1 aliphatic carbocycles. The predicted octanol–water partition coefficient (Wildman–Crippen LogP) is 2.35. The van der Waals surface area contributed by atoms with Gasteiger partial charge in [-0.05, 0) is 50.2 Å². The van der Waals surface area contributed by atoms with E-state index in [1.54, 1.807) is 0 Å². The Hall–Kier alpha value is -1.55. The van der Waals surface area contributed by atoms with Crippen LogP contribution in [-0.2, 0) is 12.8 Å². The highest BCUT2D eigenvalue weighted by Gasteiger charge is 2.25. The standard InChI is InChI=1S/C17H26N2O2/c1-13(6-5-11-20)18-17(21)19(2)16-10-9-14-7-3-4-8-15(14)12-16/h3-4,7-8,13,16,20H,5-6,9-12H2,1-2H3,(H,18,21). The number of hydrogen-bond acceptors (Lipinski definition) is 2. The molecule has 0 saturated carbocycles. The highest BCUT2D eigenvalue weighted by Crippen LogP contribution is 2.23. The number of likely N-dealkylation sites (N-methyl/N-ethyl adjacent to an activating group) is 1. The summed E-state index contributed by atoms with van der Waals surface area (Å²) in [6.45, 7) is 2.16. The van der Waals surface area contributed by atoms with Gasteiger partial charge in [0, 0.05) is 25.7 Å². The van der Waals surface area contributed by atoms with Crippen LogP contribution in [0, 0.1) is 0 Å². The van der Waals surface area contributed by atoms with Crippen LogP contribution >= 0.6 is 0 Å². The molecule has 1 aromatic carbocycles. The summed E-state index contributed by atoms with van der Waals surface area (Å²) in [4.78, 5) is 14.1. The van der Waals surface area contributed by atoms with Crippen LogP contribution in [0.1, 0.15) is 37.3 Å². The van der Waals surface area contributed by atoms with Gasteiger partial charge in [0.2, 0.25) is 0 Å². The number of hydrogen-bond donors (Lipinski definition) is 2. The van der Waals surface area contributed by atoms with Gasteiger partial charge in [-0.3, -0.25) is 0 Å². The Morgan fingerprint density at radius 2 is 2.14 bits per heavy atom. The molecule has 0 radical (unpaired) electrons. The van der Waals surface area contributed by atoms with E-state index in [-0.39, 0.29) is 24.7 Å². The molecule has 0 saturated heterocycles. The van der Waals surface area contributed by atoms with E-state index < -0.39 is 0 Å². The minimum absolute atomic E-state index is 0.00943. The molecule has 0 fully saturated rings. The van der Waals surface area contributed by atoms with Crippen molar-refractivity contribution in [3.63, 3.8) is 0 Å². The summed E-state index contributed by atoms with van der Waals surface area (Å²) >= 11 is 0. The first-order valence-electron chi connectivity index (χ1n) is 7.82. The molecule has 2 atom stereocenters. The smallest absolute Gasteiger partial charge is 0.317 e. The fraction of sp³-hybridized carbons (Fsp3) is 0.588. The van der Waals surface area contributed by atoms with Crippen molar-refractivity contribution in [3.05, 3.63) is 35.4 Å². The first kappa shape index (κ1) is 15.8. The normalized spacial score (nSPS) is 18.7. The molecule has 4 nitrogen and oxygen atoms in total. The van der Waals surface area contributed by atoms with E-state index in [0.717, 1.165) is 32.1 Å². The Morgan fingerprint density at radius 3 is 2.86 bits per heavy atom. The summed E-state index contributed by atoms with van der Waals surface area (Å²) in [5.74, 6) is 0. The quantitative estimate of drug-likeness (QED) is 0.874. The monoisotopic (exact) mass is 290 g/mol.